The van der Waals surface area contributed by atoms with Crippen LogP contribution in [0.25, 0.3) is 22.6 Å². The van der Waals surface area contributed by atoms with E-state index in [1.54, 1.807) is 12.1 Å². The maximum atomic E-state index is 13.8. The van der Waals surface area contributed by atoms with E-state index in [1.165, 1.54) is 12.1 Å². The predicted octanol–water partition coefficient (Wildman–Crippen LogP) is 0.0773. The van der Waals surface area contributed by atoms with Gasteiger partial charge in [0, 0.05) is 17.2 Å². The van der Waals surface area contributed by atoms with E-state index >= 15 is 0 Å². The minimum Gasteiger partial charge on any atom is -0.548 e. The van der Waals surface area contributed by atoms with Crippen molar-refractivity contribution in [1.29, 1.82) is 0 Å². The van der Waals surface area contributed by atoms with Crippen molar-refractivity contribution in [3.8, 4) is 22.6 Å². The first-order valence-electron chi connectivity index (χ1n) is 7.77. The Labute approximate surface area is 182 Å². The van der Waals surface area contributed by atoms with Crippen molar-refractivity contribution in [2.75, 3.05) is 11.9 Å². The molecule has 1 aromatic heterocycles. The molecule has 2 aromatic carbocycles. The third-order valence-electron chi connectivity index (χ3n) is 3.67. The van der Waals surface area contributed by atoms with Crippen LogP contribution in [-0.4, -0.2) is 22.5 Å². The predicted molar refractivity (Wildman–Crippen MR) is 96.1 cm³/mol. The van der Waals surface area contributed by atoms with E-state index in [0.717, 1.165) is 11.1 Å². The molecule has 0 aliphatic heterocycles. The Morgan fingerprint density at radius 1 is 1.11 bits per heavy atom. The van der Waals surface area contributed by atoms with Crippen molar-refractivity contribution < 1.29 is 43.8 Å². The van der Waals surface area contributed by atoms with E-state index in [1.807, 2.05) is 31.2 Å². The summed E-state index contributed by atoms with van der Waals surface area (Å²) in [6, 6.07) is 13.5. The summed E-state index contributed by atoms with van der Waals surface area (Å²) in [5, 5.41) is 13.4. The first-order valence-corrected chi connectivity index (χ1v) is 8.15. The average Bonchev–Trinajstić information content (AvgIpc) is 2.62. The third kappa shape index (κ3) is 5.49. The van der Waals surface area contributed by atoms with Crippen molar-refractivity contribution in [3.05, 3.63) is 64.9 Å². The number of rotatable bonds is 5. The van der Waals surface area contributed by atoms with Crippen LogP contribution < -0.4 is 40.0 Å². The summed E-state index contributed by atoms with van der Waals surface area (Å²) in [5.41, 5.74) is 2.92. The average molecular weight is 394 g/mol. The first kappa shape index (κ1) is 21.3. The molecule has 0 aliphatic carbocycles. The van der Waals surface area contributed by atoms with Crippen LogP contribution in [0, 0.1) is 12.7 Å². The van der Waals surface area contributed by atoms with Crippen LogP contribution in [-0.2, 0) is 4.79 Å². The van der Waals surface area contributed by atoms with Gasteiger partial charge in [-0.25, -0.2) is 14.4 Å². The van der Waals surface area contributed by atoms with Gasteiger partial charge in [0.25, 0.3) is 0 Å². The number of carbonyl (C=O) groups is 1. The fraction of sp³-hybridized carbons (Fsp3) is 0.105. The Kier molecular flexibility index (Phi) is 7.33. The number of nitrogens with one attached hydrogen (secondary N) is 1. The van der Waals surface area contributed by atoms with Crippen molar-refractivity contribution in [3.63, 3.8) is 0 Å². The molecular formula is C19H14ClFN3NaO2. The molecule has 5 nitrogen and oxygen atoms in total. The quantitative estimate of drug-likeness (QED) is 0.621. The first-order chi connectivity index (χ1) is 12.4. The number of anilines is 1. The Bertz CT molecular complexity index is 968. The normalized spacial score (nSPS) is 10.2. The van der Waals surface area contributed by atoms with Crippen LogP contribution >= 0.6 is 11.6 Å². The molecule has 0 radical (unpaired) electrons. The molecule has 0 amide bonds. The number of aryl methyl sites for hydroxylation is 1. The Balaban J connectivity index is 0.00000261. The van der Waals surface area contributed by atoms with E-state index in [-0.39, 0.29) is 40.4 Å². The van der Waals surface area contributed by atoms with E-state index in [9.17, 15) is 14.3 Å². The minimum atomic E-state index is -1.26. The van der Waals surface area contributed by atoms with Gasteiger partial charge in [-0.05, 0) is 25.1 Å². The number of hydrogen-bond acceptors (Lipinski definition) is 5. The van der Waals surface area contributed by atoms with Crippen LogP contribution in [0.1, 0.15) is 5.56 Å². The Morgan fingerprint density at radius 3 is 2.41 bits per heavy atom. The number of carbonyl (C=O) groups excluding carboxylic acids is 1. The number of hydrogen-bond donors (Lipinski definition) is 1. The molecule has 0 saturated heterocycles. The molecule has 0 atom stereocenters. The molecule has 0 aliphatic rings. The number of halogens is 2. The molecule has 0 spiro atoms. The number of aliphatic carboxylic acids is 1. The zero-order valence-corrected chi connectivity index (χ0v) is 17.5. The molecule has 3 rings (SSSR count). The molecule has 0 fully saturated rings. The van der Waals surface area contributed by atoms with Gasteiger partial charge in [-0.2, -0.15) is 0 Å². The minimum absolute atomic E-state index is 0. The summed E-state index contributed by atoms with van der Waals surface area (Å²) in [6.45, 7) is 1.57. The number of nitrogens with zero attached hydrogens (tertiary/aromatic N) is 2. The van der Waals surface area contributed by atoms with Gasteiger partial charge in [-0.15, -0.1) is 0 Å². The van der Waals surface area contributed by atoms with Crippen molar-refractivity contribution in [1.82, 2.24) is 9.97 Å². The van der Waals surface area contributed by atoms with E-state index in [2.05, 4.69) is 15.3 Å². The second-order valence-corrected chi connectivity index (χ2v) is 6.09. The molecule has 27 heavy (non-hydrogen) atoms. The van der Waals surface area contributed by atoms with Crippen molar-refractivity contribution in [2.45, 2.75) is 6.92 Å². The van der Waals surface area contributed by atoms with Crippen LogP contribution in [0.3, 0.4) is 0 Å². The van der Waals surface area contributed by atoms with E-state index in [0.29, 0.717) is 17.1 Å². The van der Waals surface area contributed by atoms with Gasteiger partial charge in [0.05, 0.1) is 23.2 Å². The van der Waals surface area contributed by atoms with E-state index < -0.39 is 18.3 Å². The number of aromatic nitrogens is 2. The fourth-order valence-electron chi connectivity index (χ4n) is 2.34. The Hall–Kier alpha value is -1.99. The molecule has 0 bridgehead atoms. The van der Waals surface area contributed by atoms with Crippen molar-refractivity contribution in [2.24, 2.45) is 0 Å². The summed E-state index contributed by atoms with van der Waals surface area (Å²) in [6.07, 6.45) is 0. The summed E-state index contributed by atoms with van der Waals surface area (Å²) < 4.78 is 13.8. The standard InChI is InChI=1S/C19H15ClFN3O2.Na/c1-11-2-4-12(5-3-11)16-9-17(22-10-18(25)26)24-19(23-16)13-6-7-14(20)15(21)8-13;/h2-9H,10H2,1H3,(H,25,26)(H,22,23,24);/q;+1/p-1. The van der Waals surface area contributed by atoms with Gasteiger partial charge < -0.3 is 15.2 Å². The summed E-state index contributed by atoms with van der Waals surface area (Å²) in [4.78, 5) is 19.5. The van der Waals surface area contributed by atoms with E-state index in [4.69, 9.17) is 11.6 Å². The molecule has 0 unspecified atom stereocenters. The fourth-order valence-corrected chi connectivity index (χ4v) is 2.45. The zero-order chi connectivity index (χ0) is 18.7. The summed E-state index contributed by atoms with van der Waals surface area (Å²) in [5.74, 6) is -1.30. The molecule has 0 saturated carbocycles. The molecule has 1 N–H and O–H groups in total. The Morgan fingerprint density at radius 2 is 1.78 bits per heavy atom. The number of benzene rings is 2. The molecular weight excluding hydrogens is 380 g/mol. The zero-order valence-electron chi connectivity index (χ0n) is 14.8. The van der Waals surface area contributed by atoms with Crippen LogP contribution in [0.4, 0.5) is 10.2 Å². The molecule has 3 aromatic rings. The van der Waals surface area contributed by atoms with Crippen molar-refractivity contribution >= 4 is 23.4 Å². The maximum absolute atomic E-state index is 13.8. The van der Waals surface area contributed by atoms with Gasteiger partial charge in [0.1, 0.15) is 11.6 Å². The third-order valence-corrected chi connectivity index (χ3v) is 3.97. The van der Waals surface area contributed by atoms with Gasteiger partial charge in [-0.1, -0.05) is 41.4 Å². The second kappa shape index (κ2) is 9.28. The SMILES string of the molecule is Cc1ccc(-c2cc(NCC(=O)[O-])nc(-c3ccc(Cl)c(F)c3)n2)cc1.[Na+]. The number of carboxylic acid groups (broad SMARTS) is 1. The monoisotopic (exact) mass is 393 g/mol. The second-order valence-electron chi connectivity index (χ2n) is 5.68. The van der Waals surface area contributed by atoms with Gasteiger partial charge in [0.2, 0.25) is 0 Å². The van der Waals surface area contributed by atoms with Crippen LogP contribution in [0.5, 0.6) is 0 Å². The summed E-state index contributed by atoms with van der Waals surface area (Å²) >= 11 is 5.73. The maximum Gasteiger partial charge on any atom is 1.00 e. The molecule has 1 heterocycles. The van der Waals surface area contributed by atoms with Gasteiger partial charge >= 0.3 is 29.6 Å². The number of carboxylic acids is 1. The van der Waals surface area contributed by atoms with Crippen LogP contribution in [0.2, 0.25) is 5.02 Å². The molecule has 132 valence electrons. The van der Waals surface area contributed by atoms with Gasteiger partial charge in [0.15, 0.2) is 5.82 Å². The smallest absolute Gasteiger partial charge is 0.548 e. The van der Waals surface area contributed by atoms with Gasteiger partial charge in [-0.3, -0.25) is 0 Å². The summed E-state index contributed by atoms with van der Waals surface area (Å²) in [7, 11) is 0. The van der Waals surface area contributed by atoms with Crippen LogP contribution in [0.15, 0.2) is 48.5 Å². The largest absolute Gasteiger partial charge is 1.00 e. The molecule has 8 heteroatoms. The topological polar surface area (TPSA) is 77.9 Å².